The van der Waals surface area contributed by atoms with Crippen LogP contribution in [0.5, 0.6) is 0 Å². The molecule has 0 radical (unpaired) electrons. The summed E-state index contributed by atoms with van der Waals surface area (Å²) in [5.41, 5.74) is 2.33. The van der Waals surface area contributed by atoms with E-state index in [1.54, 1.807) is 14.2 Å². The van der Waals surface area contributed by atoms with Crippen molar-refractivity contribution >= 4 is 17.3 Å². The Hall–Kier alpha value is -0.810. The van der Waals surface area contributed by atoms with Crippen molar-refractivity contribution in [2.24, 2.45) is 0 Å². The number of nitrogens with zero attached hydrogens (tertiary/aromatic N) is 1. The maximum Gasteiger partial charge on any atom is 0.0642 e. The Morgan fingerprint density at radius 2 is 1.90 bits per heavy atom. The fraction of sp³-hybridized carbons (Fsp3) is 0.625. The Kier molecular flexibility index (Phi) is 9.42. The Bertz CT molecular complexity index is 402. The monoisotopic (exact) mass is 314 g/mol. The number of hydrogen-bond acceptors (Lipinski definition) is 4. The van der Waals surface area contributed by atoms with Crippen molar-refractivity contribution < 1.29 is 9.47 Å². The molecule has 5 heteroatoms. The van der Waals surface area contributed by atoms with Gasteiger partial charge in [0.15, 0.2) is 0 Å². The molecule has 0 aliphatic carbocycles. The summed E-state index contributed by atoms with van der Waals surface area (Å²) in [7, 11) is 3.45. The van der Waals surface area contributed by atoms with Crippen molar-refractivity contribution in [3.8, 4) is 0 Å². The normalized spacial score (nSPS) is 10.9. The van der Waals surface area contributed by atoms with Gasteiger partial charge in [-0.2, -0.15) is 0 Å². The van der Waals surface area contributed by atoms with Crippen LogP contribution in [0.3, 0.4) is 0 Å². The van der Waals surface area contributed by atoms with Gasteiger partial charge in [-0.1, -0.05) is 30.7 Å². The van der Waals surface area contributed by atoms with Crippen LogP contribution >= 0.6 is 11.6 Å². The average Bonchev–Trinajstić information content (AvgIpc) is 2.49. The predicted molar refractivity (Wildman–Crippen MR) is 89.4 cm³/mol. The number of halogens is 1. The van der Waals surface area contributed by atoms with Gasteiger partial charge in [-0.15, -0.1) is 0 Å². The number of rotatable bonds is 11. The highest BCUT2D eigenvalue weighted by Gasteiger charge is 2.14. The summed E-state index contributed by atoms with van der Waals surface area (Å²) in [5, 5.41) is 4.16. The van der Waals surface area contributed by atoms with Crippen LogP contribution in [-0.2, 0) is 16.0 Å². The molecule has 0 aliphatic rings. The van der Waals surface area contributed by atoms with E-state index in [4.69, 9.17) is 21.1 Å². The molecule has 0 spiro atoms. The molecule has 0 saturated carbocycles. The summed E-state index contributed by atoms with van der Waals surface area (Å²) < 4.78 is 10.4. The second kappa shape index (κ2) is 10.9. The van der Waals surface area contributed by atoms with Crippen molar-refractivity contribution in [1.82, 2.24) is 5.32 Å². The maximum atomic E-state index is 6.45. The first-order valence-electron chi connectivity index (χ1n) is 7.45. The third-order valence-corrected chi connectivity index (χ3v) is 3.60. The quantitative estimate of drug-likeness (QED) is 0.637. The third kappa shape index (κ3) is 6.22. The molecule has 0 fully saturated rings. The minimum atomic E-state index is 0.679. The molecule has 1 rings (SSSR count). The SMILES string of the molecule is CCNCc1cccc(Cl)c1N(CCCOC)CCOC. The van der Waals surface area contributed by atoms with E-state index in [0.29, 0.717) is 6.61 Å². The van der Waals surface area contributed by atoms with Gasteiger partial charge in [0.1, 0.15) is 0 Å². The molecule has 0 heterocycles. The number of para-hydroxylation sites is 1. The molecule has 1 aromatic rings. The Morgan fingerprint density at radius 3 is 2.57 bits per heavy atom. The Morgan fingerprint density at radius 1 is 1.14 bits per heavy atom. The minimum Gasteiger partial charge on any atom is -0.385 e. The molecule has 0 amide bonds. The molecule has 1 aromatic carbocycles. The van der Waals surface area contributed by atoms with Crippen LogP contribution in [0.25, 0.3) is 0 Å². The van der Waals surface area contributed by atoms with E-state index in [2.05, 4.69) is 23.2 Å². The number of benzene rings is 1. The first-order valence-corrected chi connectivity index (χ1v) is 7.83. The summed E-state index contributed by atoms with van der Waals surface area (Å²) in [5.74, 6) is 0. The van der Waals surface area contributed by atoms with E-state index < -0.39 is 0 Å². The first kappa shape index (κ1) is 18.2. The number of hydrogen-bond donors (Lipinski definition) is 1. The van der Waals surface area contributed by atoms with Crippen LogP contribution in [0.15, 0.2) is 18.2 Å². The number of methoxy groups -OCH3 is 2. The number of ether oxygens (including phenoxy) is 2. The van der Waals surface area contributed by atoms with Crippen molar-refractivity contribution in [2.45, 2.75) is 19.9 Å². The number of nitrogens with one attached hydrogen (secondary N) is 1. The zero-order chi connectivity index (χ0) is 15.5. The molecule has 0 aliphatic heterocycles. The first-order chi connectivity index (χ1) is 10.2. The second-order valence-corrected chi connectivity index (χ2v) is 5.26. The van der Waals surface area contributed by atoms with Crippen LogP contribution in [0.2, 0.25) is 5.02 Å². The van der Waals surface area contributed by atoms with Gasteiger partial charge in [0.05, 0.1) is 17.3 Å². The lowest BCUT2D eigenvalue weighted by atomic mass is 10.1. The van der Waals surface area contributed by atoms with Gasteiger partial charge in [-0.25, -0.2) is 0 Å². The van der Waals surface area contributed by atoms with E-state index in [9.17, 15) is 0 Å². The summed E-state index contributed by atoms with van der Waals surface area (Å²) in [6.45, 7) is 7.01. The van der Waals surface area contributed by atoms with Gasteiger partial charge >= 0.3 is 0 Å². The highest BCUT2D eigenvalue weighted by molar-refractivity contribution is 6.33. The summed E-state index contributed by atoms with van der Waals surface area (Å²) in [6.07, 6.45) is 0.964. The fourth-order valence-electron chi connectivity index (χ4n) is 2.25. The largest absolute Gasteiger partial charge is 0.385 e. The van der Waals surface area contributed by atoms with Crippen LogP contribution in [0.4, 0.5) is 5.69 Å². The van der Waals surface area contributed by atoms with E-state index >= 15 is 0 Å². The molecule has 0 atom stereocenters. The Labute approximate surface area is 133 Å². The van der Waals surface area contributed by atoms with Gasteiger partial charge < -0.3 is 19.7 Å². The third-order valence-electron chi connectivity index (χ3n) is 3.29. The van der Waals surface area contributed by atoms with Crippen molar-refractivity contribution in [3.63, 3.8) is 0 Å². The van der Waals surface area contributed by atoms with Crippen LogP contribution < -0.4 is 10.2 Å². The van der Waals surface area contributed by atoms with Crippen LogP contribution in [-0.4, -0.2) is 47.1 Å². The van der Waals surface area contributed by atoms with Gasteiger partial charge in [0.25, 0.3) is 0 Å². The number of anilines is 1. The molecule has 120 valence electrons. The van der Waals surface area contributed by atoms with Gasteiger partial charge in [0, 0.05) is 40.5 Å². The predicted octanol–water partition coefficient (Wildman–Crippen LogP) is 2.94. The van der Waals surface area contributed by atoms with E-state index in [0.717, 1.165) is 49.9 Å². The zero-order valence-corrected chi connectivity index (χ0v) is 14.1. The molecular weight excluding hydrogens is 288 g/mol. The Balaban J connectivity index is 2.91. The molecule has 21 heavy (non-hydrogen) atoms. The second-order valence-electron chi connectivity index (χ2n) is 4.85. The minimum absolute atomic E-state index is 0.679. The van der Waals surface area contributed by atoms with Gasteiger partial charge in [-0.3, -0.25) is 0 Å². The smallest absolute Gasteiger partial charge is 0.0642 e. The lowest BCUT2D eigenvalue weighted by molar-refractivity contribution is 0.191. The maximum absolute atomic E-state index is 6.45. The van der Waals surface area contributed by atoms with Crippen molar-refractivity contribution in [3.05, 3.63) is 28.8 Å². The molecule has 0 saturated heterocycles. The van der Waals surface area contributed by atoms with Crippen LogP contribution in [0.1, 0.15) is 18.9 Å². The fourth-order valence-corrected chi connectivity index (χ4v) is 2.57. The molecule has 0 bridgehead atoms. The summed E-state index contributed by atoms with van der Waals surface area (Å²) >= 11 is 6.45. The van der Waals surface area contributed by atoms with Crippen molar-refractivity contribution in [1.29, 1.82) is 0 Å². The molecule has 0 unspecified atom stereocenters. The standard InChI is InChI=1S/C16H27ClN2O2/c1-4-18-13-14-7-5-8-15(17)16(14)19(10-12-21-3)9-6-11-20-2/h5,7-8,18H,4,6,9-13H2,1-3H3. The highest BCUT2D eigenvalue weighted by Crippen LogP contribution is 2.30. The van der Waals surface area contributed by atoms with Gasteiger partial charge in [0.2, 0.25) is 0 Å². The summed E-state index contributed by atoms with van der Waals surface area (Å²) in [4.78, 5) is 2.29. The molecule has 4 nitrogen and oxygen atoms in total. The summed E-state index contributed by atoms with van der Waals surface area (Å²) in [6, 6.07) is 6.07. The van der Waals surface area contributed by atoms with Gasteiger partial charge in [-0.05, 0) is 24.6 Å². The molecular formula is C16H27ClN2O2. The van der Waals surface area contributed by atoms with E-state index in [-0.39, 0.29) is 0 Å². The van der Waals surface area contributed by atoms with E-state index in [1.165, 1.54) is 5.56 Å². The zero-order valence-electron chi connectivity index (χ0n) is 13.3. The van der Waals surface area contributed by atoms with Crippen LogP contribution in [0, 0.1) is 0 Å². The lowest BCUT2D eigenvalue weighted by Gasteiger charge is -2.28. The molecule has 0 aromatic heterocycles. The average molecular weight is 315 g/mol. The molecule has 1 N–H and O–H groups in total. The highest BCUT2D eigenvalue weighted by atomic mass is 35.5. The topological polar surface area (TPSA) is 33.7 Å². The lowest BCUT2D eigenvalue weighted by Crippen LogP contribution is -2.31. The van der Waals surface area contributed by atoms with E-state index in [1.807, 2.05) is 12.1 Å². The van der Waals surface area contributed by atoms with Crippen molar-refractivity contribution in [2.75, 3.05) is 52.0 Å².